The molecule has 0 bridgehead atoms. The molecule has 5 nitrogen and oxygen atoms in total. The zero-order valence-electron chi connectivity index (χ0n) is 12.6. The molecule has 2 aromatic rings. The number of nitriles is 1. The molecule has 2 N–H and O–H groups in total. The summed E-state index contributed by atoms with van der Waals surface area (Å²) in [7, 11) is 0. The van der Waals surface area contributed by atoms with Crippen LogP contribution in [0.3, 0.4) is 0 Å². The highest BCUT2D eigenvalue weighted by Crippen LogP contribution is 2.17. The molecule has 1 amide bonds. The van der Waals surface area contributed by atoms with E-state index in [0.717, 1.165) is 11.3 Å². The van der Waals surface area contributed by atoms with E-state index in [-0.39, 0.29) is 11.3 Å². The first kappa shape index (κ1) is 16.1. The number of hydrogen-bond acceptors (Lipinski definition) is 4. The van der Waals surface area contributed by atoms with Crippen molar-refractivity contribution in [2.75, 3.05) is 11.9 Å². The first-order valence-electron chi connectivity index (χ1n) is 7.07. The quantitative estimate of drug-likeness (QED) is 0.504. The summed E-state index contributed by atoms with van der Waals surface area (Å²) in [5, 5.41) is 21.0. The molecule has 0 aromatic heterocycles. The van der Waals surface area contributed by atoms with Crippen LogP contribution in [0.25, 0.3) is 6.08 Å². The van der Waals surface area contributed by atoms with Crippen molar-refractivity contribution in [2.45, 2.75) is 6.92 Å². The number of carbonyl (C=O) groups is 1. The zero-order chi connectivity index (χ0) is 16.7. The van der Waals surface area contributed by atoms with Crippen LogP contribution in [-0.4, -0.2) is 17.6 Å². The van der Waals surface area contributed by atoms with E-state index >= 15 is 0 Å². The van der Waals surface area contributed by atoms with Gasteiger partial charge in [-0.2, -0.15) is 5.26 Å². The monoisotopic (exact) mass is 308 g/mol. The maximum Gasteiger partial charge on any atom is 0.266 e. The molecule has 0 spiro atoms. The molecule has 0 radical (unpaired) electrons. The van der Waals surface area contributed by atoms with Gasteiger partial charge in [0.15, 0.2) is 0 Å². The van der Waals surface area contributed by atoms with Gasteiger partial charge in [-0.1, -0.05) is 12.1 Å². The van der Waals surface area contributed by atoms with Crippen LogP contribution in [0.1, 0.15) is 12.5 Å². The van der Waals surface area contributed by atoms with Crippen LogP contribution < -0.4 is 10.1 Å². The normalized spacial score (nSPS) is 10.7. The minimum absolute atomic E-state index is 0.0118. The van der Waals surface area contributed by atoms with Gasteiger partial charge in [-0.3, -0.25) is 4.79 Å². The Morgan fingerprint density at radius 1 is 1.22 bits per heavy atom. The maximum atomic E-state index is 12.1. The Morgan fingerprint density at radius 3 is 2.43 bits per heavy atom. The van der Waals surface area contributed by atoms with Gasteiger partial charge >= 0.3 is 0 Å². The molecule has 23 heavy (non-hydrogen) atoms. The molecule has 0 aliphatic heterocycles. The largest absolute Gasteiger partial charge is 0.508 e. The Balaban J connectivity index is 2.12. The highest BCUT2D eigenvalue weighted by Gasteiger charge is 2.09. The summed E-state index contributed by atoms with van der Waals surface area (Å²) in [6.45, 7) is 2.48. The van der Waals surface area contributed by atoms with Crippen molar-refractivity contribution in [3.8, 4) is 17.6 Å². The fourth-order valence-corrected chi connectivity index (χ4v) is 1.89. The lowest BCUT2D eigenvalue weighted by Crippen LogP contribution is -2.13. The van der Waals surface area contributed by atoms with Gasteiger partial charge in [0.25, 0.3) is 5.91 Å². The number of nitrogens with zero attached hydrogens (tertiary/aromatic N) is 1. The Morgan fingerprint density at radius 2 is 1.87 bits per heavy atom. The van der Waals surface area contributed by atoms with Crippen LogP contribution in [-0.2, 0) is 4.79 Å². The predicted molar refractivity (Wildman–Crippen MR) is 87.9 cm³/mol. The molecule has 2 rings (SSSR count). The molecule has 0 heterocycles. The Hall–Kier alpha value is -3.26. The van der Waals surface area contributed by atoms with Crippen molar-refractivity contribution in [3.05, 3.63) is 59.7 Å². The number of benzene rings is 2. The number of anilines is 1. The van der Waals surface area contributed by atoms with Gasteiger partial charge in [0.1, 0.15) is 23.1 Å². The summed E-state index contributed by atoms with van der Waals surface area (Å²) >= 11 is 0. The van der Waals surface area contributed by atoms with Crippen molar-refractivity contribution >= 4 is 17.7 Å². The molecular weight excluding hydrogens is 292 g/mol. The summed E-state index contributed by atoms with van der Waals surface area (Å²) in [5.74, 6) is 0.331. The SMILES string of the molecule is CCOc1ccc(/C=C(/C#N)C(=O)Nc2ccc(O)cc2)cc1. The van der Waals surface area contributed by atoms with Gasteiger partial charge < -0.3 is 15.2 Å². The molecule has 0 fully saturated rings. The average molecular weight is 308 g/mol. The van der Waals surface area contributed by atoms with E-state index in [0.29, 0.717) is 12.3 Å². The first-order valence-corrected chi connectivity index (χ1v) is 7.07. The molecule has 2 aromatic carbocycles. The van der Waals surface area contributed by atoms with Crippen molar-refractivity contribution in [1.82, 2.24) is 0 Å². The lowest BCUT2D eigenvalue weighted by Gasteiger charge is -2.05. The van der Waals surface area contributed by atoms with Crippen LogP contribution in [0.2, 0.25) is 0 Å². The van der Waals surface area contributed by atoms with E-state index < -0.39 is 5.91 Å². The lowest BCUT2D eigenvalue weighted by molar-refractivity contribution is -0.112. The summed E-state index contributed by atoms with van der Waals surface area (Å²) in [6.07, 6.45) is 1.51. The van der Waals surface area contributed by atoms with Crippen LogP contribution in [0.5, 0.6) is 11.5 Å². The third kappa shape index (κ3) is 4.61. The maximum absolute atomic E-state index is 12.1. The van der Waals surface area contributed by atoms with Crippen molar-refractivity contribution < 1.29 is 14.6 Å². The molecule has 5 heteroatoms. The summed E-state index contributed by atoms with van der Waals surface area (Å²) < 4.78 is 5.34. The van der Waals surface area contributed by atoms with Gasteiger partial charge in [0.05, 0.1) is 6.61 Å². The third-order valence-electron chi connectivity index (χ3n) is 2.99. The van der Waals surface area contributed by atoms with Gasteiger partial charge in [-0.05, 0) is 55.0 Å². The van der Waals surface area contributed by atoms with Gasteiger partial charge in [-0.25, -0.2) is 0 Å². The highest BCUT2D eigenvalue weighted by molar-refractivity contribution is 6.09. The number of phenolic OH excluding ortho intramolecular Hbond substituents is 1. The number of carbonyl (C=O) groups excluding carboxylic acids is 1. The number of aromatic hydroxyl groups is 1. The zero-order valence-corrected chi connectivity index (χ0v) is 12.6. The summed E-state index contributed by atoms with van der Waals surface area (Å²) in [4.78, 5) is 12.1. The minimum atomic E-state index is -0.507. The van der Waals surface area contributed by atoms with Gasteiger partial charge in [0, 0.05) is 5.69 Å². The third-order valence-corrected chi connectivity index (χ3v) is 2.99. The molecule has 0 aliphatic rings. The second-order valence-electron chi connectivity index (χ2n) is 4.67. The fraction of sp³-hybridized carbons (Fsp3) is 0.111. The molecule has 0 unspecified atom stereocenters. The van der Waals surface area contributed by atoms with Crippen LogP contribution in [0.4, 0.5) is 5.69 Å². The number of ether oxygens (including phenoxy) is 1. The van der Waals surface area contributed by atoms with E-state index in [1.54, 1.807) is 36.4 Å². The van der Waals surface area contributed by atoms with Gasteiger partial charge in [-0.15, -0.1) is 0 Å². The fourth-order valence-electron chi connectivity index (χ4n) is 1.89. The van der Waals surface area contributed by atoms with Gasteiger partial charge in [0.2, 0.25) is 0 Å². The number of nitrogens with one attached hydrogen (secondary N) is 1. The Bertz CT molecular complexity index is 741. The molecule has 0 saturated heterocycles. The number of hydrogen-bond donors (Lipinski definition) is 2. The van der Waals surface area contributed by atoms with Crippen molar-refractivity contribution in [2.24, 2.45) is 0 Å². The van der Waals surface area contributed by atoms with E-state index in [2.05, 4.69) is 5.32 Å². The number of phenols is 1. The molecular formula is C18H16N2O3. The van der Waals surface area contributed by atoms with Crippen LogP contribution in [0, 0.1) is 11.3 Å². The standard InChI is InChI=1S/C18H16N2O3/c1-2-23-17-9-3-13(4-10-17)11-14(12-19)18(22)20-15-5-7-16(21)8-6-15/h3-11,21H,2H2,1H3,(H,20,22)/b14-11-. The number of rotatable bonds is 5. The smallest absolute Gasteiger partial charge is 0.266 e. The van der Waals surface area contributed by atoms with E-state index in [1.807, 2.05) is 13.0 Å². The summed E-state index contributed by atoms with van der Waals surface area (Å²) in [5.41, 5.74) is 1.22. The second kappa shape index (κ2) is 7.66. The van der Waals surface area contributed by atoms with Crippen molar-refractivity contribution in [3.63, 3.8) is 0 Å². The topological polar surface area (TPSA) is 82.3 Å². The molecule has 0 atom stereocenters. The predicted octanol–water partition coefficient (Wildman–Crippen LogP) is 3.34. The van der Waals surface area contributed by atoms with E-state index in [4.69, 9.17) is 4.74 Å². The average Bonchev–Trinajstić information content (AvgIpc) is 2.56. The highest BCUT2D eigenvalue weighted by atomic mass is 16.5. The summed E-state index contributed by atoms with van der Waals surface area (Å²) in [6, 6.07) is 15.0. The Kier molecular flexibility index (Phi) is 5.37. The minimum Gasteiger partial charge on any atom is -0.508 e. The Labute approximate surface area is 134 Å². The van der Waals surface area contributed by atoms with Crippen LogP contribution in [0.15, 0.2) is 54.1 Å². The van der Waals surface area contributed by atoms with Crippen LogP contribution >= 0.6 is 0 Å². The molecule has 116 valence electrons. The molecule has 0 aliphatic carbocycles. The van der Waals surface area contributed by atoms with E-state index in [9.17, 15) is 15.2 Å². The van der Waals surface area contributed by atoms with E-state index in [1.165, 1.54) is 18.2 Å². The first-order chi connectivity index (χ1) is 11.1. The molecule has 0 saturated carbocycles. The lowest BCUT2D eigenvalue weighted by atomic mass is 10.1. The van der Waals surface area contributed by atoms with Crippen molar-refractivity contribution in [1.29, 1.82) is 5.26 Å². The second-order valence-corrected chi connectivity index (χ2v) is 4.67. The number of amides is 1.